The van der Waals surface area contributed by atoms with E-state index in [2.05, 4.69) is 15.1 Å². The molecule has 2 aromatic heterocycles. The average Bonchev–Trinajstić information content (AvgIpc) is 3.03. The van der Waals surface area contributed by atoms with Gasteiger partial charge in [-0.3, -0.25) is 9.11 Å². The second-order valence-electron chi connectivity index (χ2n) is 5.50. The van der Waals surface area contributed by atoms with Crippen LogP contribution in [0.4, 0.5) is 0 Å². The fraction of sp³-hybridized carbons (Fsp3) is 0.538. The number of hydrogen-bond acceptors (Lipinski definition) is 6. The largest absolute Gasteiger partial charge is 0.419 e. The average molecular weight is 311 g/mol. The molecule has 108 valence electrons. The molecule has 0 amide bonds. The zero-order valence-electron chi connectivity index (χ0n) is 11.5. The van der Waals surface area contributed by atoms with Crippen LogP contribution in [0.2, 0.25) is 0 Å². The molecule has 3 rings (SSSR count). The van der Waals surface area contributed by atoms with Gasteiger partial charge in [0.15, 0.2) is 0 Å². The standard InChI is InChI=1S/C13H17N3O2S2/c1-13(2)9-16(5-7-20(13)17)8-11-14-15-12(18-11)10-4-3-6-19-10/h3-4,6H,5,7-9H2,1-2H3/t20-/m0/s1. The Morgan fingerprint density at radius 3 is 3.05 bits per heavy atom. The van der Waals surface area contributed by atoms with Gasteiger partial charge in [0.2, 0.25) is 5.89 Å². The lowest BCUT2D eigenvalue weighted by molar-refractivity contribution is 0.225. The highest BCUT2D eigenvalue weighted by Gasteiger charge is 2.33. The zero-order valence-corrected chi connectivity index (χ0v) is 13.2. The summed E-state index contributed by atoms with van der Waals surface area (Å²) in [5, 5.41) is 10.2. The lowest BCUT2D eigenvalue weighted by atomic mass is 10.2. The highest BCUT2D eigenvalue weighted by molar-refractivity contribution is 7.86. The van der Waals surface area contributed by atoms with Crippen LogP contribution in [0.5, 0.6) is 0 Å². The monoisotopic (exact) mass is 311 g/mol. The van der Waals surface area contributed by atoms with Crippen molar-refractivity contribution in [3.05, 3.63) is 23.4 Å². The molecule has 0 unspecified atom stereocenters. The van der Waals surface area contributed by atoms with Crippen LogP contribution in [0.15, 0.2) is 21.9 Å². The molecular formula is C13H17N3O2S2. The van der Waals surface area contributed by atoms with E-state index in [1.165, 1.54) is 0 Å². The Labute approximate surface area is 124 Å². The van der Waals surface area contributed by atoms with Crippen LogP contribution in [0.25, 0.3) is 10.8 Å². The van der Waals surface area contributed by atoms with Gasteiger partial charge in [0.25, 0.3) is 5.89 Å². The first-order valence-electron chi connectivity index (χ1n) is 6.52. The van der Waals surface area contributed by atoms with Gasteiger partial charge in [-0.2, -0.15) is 0 Å². The van der Waals surface area contributed by atoms with E-state index in [1.807, 2.05) is 31.4 Å². The number of hydrogen-bond donors (Lipinski definition) is 0. The summed E-state index contributed by atoms with van der Waals surface area (Å²) in [4.78, 5) is 3.22. The first-order valence-corrected chi connectivity index (χ1v) is 8.71. The van der Waals surface area contributed by atoms with Crippen molar-refractivity contribution in [1.29, 1.82) is 0 Å². The van der Waals surface area contributed by atoms with Gasteiger partial charge in [0.05, 0.1) is 16.2 Å². The molecule has 0 radical (unpaired) electrons. The Morgan fingerprint density at radius 1 is 1.50 bits per heavy atom. The van der Waals surface area contributed by atoms with Crippen LogP contribution in [-0.4, -0.2) is 42.9 Å². The van der Waals surface area contributed by atoms with E-state index in [-0.39, 0.29) is 4.75 Å². The van der Waals surface area contributed by atoms with Gasteiger partial charge in [-0.25, -0.2) is 0 Å². The summed E-state index contributed by atoms with van der Waals surface area (Å²) in [5.74, 6) is 1.91. The molecule has 2 aromatic rings. The third-order valence-corrected chi connectivity index (χ3v) is 6.14. The van der Waals surface area contributed by atoms with Crippen LogP contribution in [0, 0.1) is 0 Å². The first-order chi connectivity index (χ1) is 9.54. The maximum atomic E-state index is 11.9. The van der Waals surface area contributed by atoms with E-state index in [1.54, 1.807) is 11.3 Å². The highest BCUT2D eigenvalue weighted by atomic mass is 32.2. The SMILES string of the molecule is CC1(C)CN(Cc2nnc(-c3cccs3)o2)CC[S@@]1=O. The molecule has 1 aliphatic heterocycles. The lowest BCUT2D eigenvalue weighted by Crippen LogP contribution is -2.49. The molecule has 0 N–H and O–H groups in total. The fourth-order valence-electron chi connectivity index (χ4n) is 2.32. The van der Waals surface area contributed by atoms with Crippen LogP contribution in [0.1, 0.15) is 19.7 Å². The van der Waals surface area contributed by atoms with Crippen molar-refractivity contribution in [1.82, 2.24) is 15.1 Å². The number of nitrogens with zero attached hydrogens (tertiary/aromatic N) is 3. The number of rotatable bonds is 3. The van der Waals surface area contributed by atoms with Gasteiger partial charge in [0, 0.05) is 29.6 Å². The fourth-order valence-corrected chi connectivity index (χ4v) is 4.27. The Balaban J connectivity index is 1.68. The van der Waals surface area contributed by atoms with Crippen molar-refractivity contribution in [2.45, 2.75) is 25.1 Å². The van der Waals surface area contributed by atoms with Crippen molar-refractivity contribution >= 4 is 22.1 Å². The Morgan fingerprint density at radius 2 is 2.35 bits per heavy atom. The zero-order chi connectivity index (χ0) is 14.2. The normalized spacial score (nSPS) is 23.0. The van der Waals surface area contributed by atoms with Gasteiger partial charge in [-0.1, -0.05) is 6.07 Å². The summed E-state index contributed by atoms with van der Waals surface area (Å²) >= 11 is 1.59. The molecule has 3 heterocycles. The summed E-state index contributed by atoms with van der Waals surface area (Å²) in [6, 6.07) is 3.93. The molecule has 20 heavy (non-hydrogen) atoms. The molecule has 1 aliphatic rings. The minimum Gasteiger partial charge on any atom is -0.419 e. The van der Waals surface area contributed by atoms with E-state index in [9.17, 15) is 4.21 Å². The second-order valence-corrected chi connectivity index (χ2v) is 8.65. The number of aromatic nitrogens is 2. The number of thiophene rings is 1. The van der Waals surface area contributed by atoms with Crippen molar-refractivity contribution in [3.8, 4) is 10.8 Å². The minimum absolute atomic E-state index is 0.172. The van der Waals surface area contributed by atoms with Gasteiger partial charge in [0.1, 0.15) is 0 Å². The van der Waals surface area contributed by atoms with Gasteiger partial charge >= 0.3 is 0 Å². The predicted molar refractivity (Wildman–Crippen MR) is 80.0 cm³/mol. The van der Waals surface area contributed by atoms with E-state index in [4.69, 9.17) is 4.42 Å². The van der Waals surface area contributed by atoms with E-state index >= 15 is 0 Å². The van der Waals surface area contributed by atoms with Crippen molar-refractivity contribution in [2.75, 3.05) is 18.8 Å². The third-order valence-electron chi connectivity index (χ3n) is 3.37. The van der Waals surface area contributed by atoms with E-state index < -0.39 is 10.8 Å². The van der Waals surface area contributed by atoms with E-state index in [0.717, 1.165) is 18.0 Å². The molecule has 0 bridgehead atoms. The van der Waals surface area contributed by atoms with Crippen LogP contribution in [-0.2, 0) is 17.3 Å². The Hall–Kier alpha value is -1.05. The molecule has 7 heteroatoms. The maximum Gasteiger partial charge on any atom is 0.257 e. The Bertz CT molecular complexity index is 607. The minimum atomic E-state index is -0.755. The first kappa shape index (κ1) is 13.9. The van der Waals surface area contributed by atoms with Crippen LogP contribution >= 0.6 is 11.3 Å². The molecular weight excluding hydrogens is 294 g/mol. The third kappa shape index (κ3) is 2.84. The maximum absolute atomic E-state index is 11.9. The van der Waals surface area contributed by atoms with Crippen LogP contribution < -0.4 is 0 Å². The quantitative estimate of drug-likeness (QED) is 0.869. The summed E-state index contributed by atoms with van der Waals surface area (Å²) < 4.78 is 17.4. The molecule has 0 saturated carbocycles. The van der Waals surface area contributed by atoms with Crippen molar-refractivity contribution in [2.24, 2.45) is 0 Å². The molecule has 0 spiro atoms. The lowest BCUT2D eigenvalue weighted by Gasteiger charge is -2.36. The molecule has 0 aliphatic carbocycles. The summed E-state index contributed by atoms with van der Waals surface area (Å²) in [6.45, 7) is 6.31. The van der Waals surface area contributed by atoms with Crippen LogP contribution in [0.3, 0.4) is 0 Å². The summed E-state index contributed by atoms with van der Waals surface area (Å²) in [7, 11) is -0.755. The predicted octanol–water partition coefficient (Wildman–Crippen LogP) is 2.14. The van der Waals surface area contributed by atoms with Gasteiger partial charge < -0.3 is 4.42 Å². The second kappa shape index (κ2) is 5.38. The molecule has 1 fully saturated rings. The molecule has 1 atom stereocenters. The molecule has 0 aromatic carbocycles. The van der Waals surface area contributed by atoms with Crippen molar-refractivity contribution < 1.29 is 8.63 Å². The Kier molecular flexibility index (Phi) is 3.74. The topological polar surface area (TPSA) is 59.2 Å². The summed E-state index contributed by atoms with van der Waals surface area (Å²) in [5.41, 5.74) is 0. The van der Waals surface area contributed by atoms with E-state index in [0.29, 0.717) is 24.1 Å². The highest BCUT2D eigenvalue weighted by Crippen LogP contribution is 2.25. The van der Waals surface area contributed by atoms with Crippen molar-refractivity contribution in [3.63, 3.8) is 0 Å². The molecule has 1 saturated heterocycles. The molecule has 5 nitrogen and oxygen atoms in total. The van der Waals surface area contributed by atoms with Gasteiger partial charge in [-0.15, -0.1) is 21.5 Å². The van der Waals surface area contributed by atoms with Gasteiger partial charge in [-0.05, 0) is 25.3 Å². The smallest absolute Gasteiger partial charge is 0.257 e. The summed E-state index contributed by atoms with van der Waals surface area (Å²) in [6.07, 6.45) is 0.